The van der Waals surface area contributed by atoms with Crippen LogP contribution in [0.5, 0.6) is 0 Å². The van der Waals surface area contributed by atoms with Crippen molar-refractivity contribution in [1.82, 2.24) is 15.0 Å². The van der Waals surface area contributed by atoms with Gasteiger partial charge in [-0.1, -0.05) is 18.2 Å². The minimum absolute atomic E-state index is 0.166. The van der Waals surface area contributed by atoms with Gasteiger partial charge < -0.3 is 10.6 Å². The molecule has 1 aromatic carbocycles. The van der Waals surface area contributed by atoms with E-state index < -0.39 is 17.4 Å². The van der Waals surface area contributed by atoms with Gasteiger partial charge >= 0.3 is 0 Å². The fraction of sp³-hybridized carbons (Fsp3) is 0.273. The van der Waals surface area contributed by atoms with Gasteiger partial charge in [0, 0.05) is 54.3 Å². The first-order valence-corrected chi connectivity index (χ1v) is 9.65. The number of para-hydroxylation sites is 1. The molecule has 1 aliphatic carbocycles. The van der Waals surface area contributed by atoms with Gasteiger partial charge in [-0.2, -0.15) is 0 Å². The Morgan fingerprint density at radius 2 is 1.87 bits per heavy atom. The van der Waals surface area contributed by atoms with E-state index in [0.717, 1.165) is 11.1 Å². The van der Waals surface area contributed by atoms with E-state index in [0.29, 0.717) is 11.6 Å². The Hall–Kier alpha value is -3.42. The minimum Gasteiger partial charge on any atom is -0.353 e. The molecule has 0 saturated heterocycles. The maximum Gasteiger partial charge on any atom is 0.222 e. The molecule has 0 bridgehead atoms. The van der Waals surface area contributed by atoms with E-state index in [1.54, 1.807) is 18.5 Å². The molecular weight excluding hydrogens is 388 g/mol. The number of anilines is 2. The zero-order valence-corrected chi connectivity index (χ0v) is 16.4. The molecule has 154 valence electrons. The number of rotatable bonds is 6. The van der Waals surface area contributed by atoms with Crippen LogP contribution in [0.15, 0.2) is 55.0 Å². The fourth-order valence-corrected chi connectivity index (χ4v) is 3.83. The SMILES string of the molecule is CC(=O)Nc1ccccc1-c1cnc(NC[C@]2(c3ncccc3F)C[C@H](F)C2)nc1. The summed E-state index contributed by atoms with van der Waals surface area (Å²) in [5, 5.41) is 5.88. The number of amides is 1. The third kappa shape index (κ3) is 3.98. The first-order valence-electron chi connectivity index (χ1n) is 9.65. The molecule has 0 spiro atoms. The molecular formula is C22H21F2N5O. The van der Waals surface area contributed by atoms with E-state index in [4.69, 9.17) is 0 Å². The minimum atomic E-state index is -0.971. The third-order valence-corrected chi connectivity index (χ3v) is 5.27. The van der Waals surface area contributed by atoms with Crippen LogP contribution < -0.4 is 10.6 Å². The number of nitrogens with zero attached hydrogens (tertiary/aromatic N) is 3. The zero-order chi connectivity index (χ0) is 21.1. The molecule has 30 heavy (non-hydrogen) atoms. The monoisotopic (exact) mass is 409 g/mol. The molecule has 2 heterocycles. The summed E-state index contributed by atoms with van der Waals surface area (Å²) in [6.45, 7) is 1.73. The van der Waals surface area contributed by atoms with Crippen molar-refractivity contribution in [2.45, 2.75) is 31.4 Å². The van der Waals surface area contributed by atoms with Crippen molar-refractivity contribution in [3.63, 3.8) is 0 Å². The lowest BCUT2D eigenvalue weighted by molar-refractivity contribution is -0.114. The lowest BCUT2D eigenvalue weighted by Crippen LogP contribution is -2.49. The van der Waals surface area contributed by atoms with Crippen molar-refractivity contribution in [2.75, 3.05) is 17.2 Å². The number of carbonyl (C=O) groups is 1. The summed E-state index contributed by atoms with van der Waals surface area (Å²) in [4.78, 5) is 24.2. The van der Waals surface area contributed by atoms with Crippen LogP contribution in [0.2, 0.25) is 0 Å². The Morgan fingerprint density at radius 3 is 2.53 bits per heavy atom. The van der Waals surface area contributed by atoms with Gasteiger partial charge in [0.25, 0.3) is 0 Å². The Labute approximate surface area is 172 Å². The number of aromatic nitrogens is 3. The Morgan fingerprint density at radius 1 is 1.13 bits per heavy atom. The number of carbonyl (C=O) groups excluding carboxylic acids is 1. The number of alkyl halides is 1. The van der Waals surface area contributed by atoms with Crippen molar-refractivity contribution in [3.8, 4) is 11.1 Å². The molecule has 0 unspecified atom stereocenters. The quantitative estimate of drug-likeness (QED) is 0.640. The summed E-state index contributed by atoms with van der Waals surface area (Å²) < 4.78 is 27.9. The lowest BCUT2D eigenvalue weighted by atomic mass is 9.65. The fourth-order valence-electron chi connectivity index (χ4n) is 3.83. The first kappa shape index (κ1) is 19.9. The molecule has 6 nitrogen and oxygen atoms in total. The van der Waals surface area contributed by atoms with E-state index in [1.165, 1.54) is 25.3 Å². The Kier molecular flexibility index (Phi) is 5.39. The molecule has 0 aliphatic heterocycles. The zero-order valence-electron chi connectivity index (χ0n) is 16.4. The molecule has 2 N–H and O–H groups in total. The largest absolute Gasteiger partial charge is 0.353 e. The molecule has 2 aromatic heterocycles. The summed E-state index contributed by atoms with van der Waals surface area (Å²) in [5.74, 6) is -0.244. The topological polar surface area (TPSA) is 79.8 Å². The summed E-state index contributed by atoms with van der Waals surface area (Å²) >= 11 is 0. The van der Waals surface area contributed by atoms with Gasteiger partial charge in [-0.3, -0.25) is 9.78 Å². The van der Waals surface area contributed by atoms with Crippen LogP contribution in [0, 0.1) is 5.82 Å². The summed E-state index contributed by atoms with van der Waals surface area (Å²) in [6.07, 6.45) is 4.24. The van der Waals surface area contributed by atoms with Gasteiger partial charge in [0.05, 0.1) is 5.69 Å². The maximum atomic E-state index is 14.3. The van der Waals surface area contributed by atoms with Crippen LogP contribution in [0.1, 0.15) is 25.5 Å². The highest BCUT2D eigenvalue weighted by Gasteiger charge is 2.48. The van der Waals surface area contributed by atoms with Gasteiger partial charge in [-0.15, -0.1) is 0 Å². The predicted octanol–water partition coefficient (Wildman–Crippen LogP) is 4.12. The molecule has 1 fully saturated rings. The van der Waals surface area contributed by atoms with Crippen molar-refractivity contribution >= 4 is 17.5 Å². The van der Waals surface area contributed by atoms with Crippen LogP contribution in [0.25, 0.3) is 11.1 Å². The van der Waals surface area contributed by atoms with Crippen LogP contribution in [-0.2, 0) is 10.2 Å². The highest BCUT2D eigenvalue weighted by Crippen LogP contribution is 2.45. The molecule has 0 atom stereocenters. The van der Waals surface area contributed by atoms with Gasteiger partial charge in [0.1, 0.15) is 12.0 Å². The highest BCUT2D eigenvalue weighted by molar-refractivity contribution is 5.93. The van der Waals surface area contributed by atoms with Crippen molar-refractivity contribution in [2.24, 2.45) is 0 Å². The second-order valence-electron chi connectivity index (χ2n) is 7.50. The second-order valence-corrected chi connectivity index (χ2v) is 7.50. The van der Waals surface area contributed by atoms with Gasteiger partial charge in [0.2, 0.25) is 11.9 Å². The van der Waals surface area contributed by atoms with Gasteiger partial charge in [-0.25, -0.2) is 18.7 Å². The maximum absolute atomic E-state index is 14.3. The molecule has 4 rings (SSSR count). The van der Waals surface area contributed by atoms with E-state index in [-0.39, 0.29) is 31.0 Å². The summed E-state index contributed by atoms with van der Waals surface area (Å²) in [6, 6.07) is 10.2. The van der Waals surface area contributed by atoms with E-state index >= 15 is 0 Å². The Bertz CT molecular complexity index is 1050. The first-order chi connectivity index (χ1) is 14.5. The number of pyridine rings is 1. The number of hydrogen-bond acceptors (Lipinski definition) is 5. The van der Waals surface area contributed by atoms with E-state index in [2.05, 4.69) is 25.6 Å². The predicted molar refractivity (Wildman–Crippen MR) is 110 cm³/mol. The van der Waals surface area contributed by atoms with Crippen molar-refractivity contribution in [1.29, 1.82) is 0 Å². The van der Waals surface area contributed by atoms with Crippen molar-refractivity contribution < 1.29 is 13.6 Å². The van der Waals surface area contributed by atoms with Crippen LogP contribution in [0.3, 0.4) is 0 Å². The number of hydrogen-bond donors (Lipinski definition) is 2. The normalized spacial score (nSPS) is 20.3. The summed E-state index contributed by atoms with van der Waals surface area (Å²) in [7, 11) is 0. The highest BCUT2D eigenvalue weighted by atomic mass is 19.1. The number of nitrogens with one attached hydrogen (secondary N) is 2. The standard InChI is InChI=1S/C22H21F2N5O/c1-14(30)29-19-7-3-2-5-17(19)15-11-26-21(27-12-15)28-13-22(9-16(23)10-22)20-18(24)6-4-8-25-20/h2-8,11-12,16H,9-10,13H2,1H3,(H,29,30)(H,26,27,28)/t16-,22-. The third-order valence-electron chi connectivity index (χ3n) is 5.27. The lowest BCUT2D eigenvalue weighted by Gasteiger charge is -2.43. The molecule has 3 aromatic rings. The van der Waals surface area contributed by atoms with Crippen molar-refractivity contribution in [3.05, 3.63) is 66.5 Å². The molecule has 0 radical (unpaired) electrons. The average molecular weight is 409 g/mol. The molecule has 1 amide bonds. The Balaban J connectivity index is 1.51. The van der Waals surface area contributed by atoms with Crippen LogP contribution in [-0.4, -0.2) is 33.6 Å². The average Bonchev–Trinajstić information content (AvgIpc) is 2.71. The number of halogens is 2. The summed E-state index contributed by atoms with van der Waals surface area (Å²) in [5.41, 5.74) is 1.76. The van der Waals surface area contributed by atoms with E-state index in [1.807, 2.05) is 18.2 Å². The molecule has 1 aliphatic rings. The van der Waals surface area contributed by atoms with Gasteiger partial charge in [0.15, 0.2) is 0 Å². The second kappa shape index (κ2) is 8.14. The van der Waals surface area contributed by atoms with Gasteiger partial charge in [-0.05, 0) is 31.0 Å². The smallest absolute Gasteiger partial charge is 0.222 e. The van der Waals surface area contributed by atoms with E-state index in [9.17, 15) is 13.6 Å². The van der Waals surface area contributed by atoms with Crippen LogP contribution >= 0.6 is 0 Å². The molecule has 1 saturated carbocycles. The number of benzene rings is 1. The molecule has 8 heteroatoms. The van der Waals surface area contributed by atoms with Crippen LogP contribution in [0.4, 0.5) is 20.4 Å².